The quantitative estimate of drug-likeness (QED) is 0.895. The Morgan fingerprint density at radius 2 is 1.75 bits per heavy atom. The number of benzene rings is 1. The van der Waals surface area contributed by atoms with Gasteiger partial charge in [-0.25, -0.2) is 0 Å². The Labute approximate surface area is 118 Å². The molecule has 0 aliphatic carbocycles. The molecular formula is C15H21F3N2. The van der Waals surface area contributed by atoms with Gasteiger partial charge >= 0.3 is 6.18 Å². The minimum absolute atomic E-state index is 0.350. The summed E-state index contributed by atoms with van der Waals surface area (Å²) in [5.41, 5.74) is 1.29. The van der Waals surface area contributed by atoms with E-state index in [0.717, 1.165) is 25.8 Å². The smallest absolute Gasteiger partial charge is 0.314 e. The lowest BCUT2D eigenvalue weighted by atomic mass is 10.0. The summed E-state index contributed by atoms with van der Waals surface area (Å²) in [5.74, 6) is 0. The molecule has 0 spiro atoms. The van der Waals surface area contributed by atoms with Crippen LogP contribution in [0.15, 0.2) is 30.3 Å². The second-order valence-corrected chi connectivity index (χ2v) is 5.36. The number of hydrogen-bond acceptors (Lipinski definition) is 2. The summed E-state index contributed by atoms with van der Waals surface area (Å²) in [4.78, 5) is 1.50. The minimum Gasteiger partial charge on any atom is -0.314 e. The van der Waals surface area contributed by atoms with Gasteiger partial charge in [-0.05, 0) is 44.5 Å². The van der Waals surface area contributed by atoms with Crippen LogP contribution in [0.2, 0.25) is 0 Å². The maximum Gasteiger partial charge on any atom is 0.401 e. The molecule has 1 saturated heterocycles. The highest BCUT2D eigenvalue weighted by Gasteiger charge is 2.32. The van der Waals surface area contributed by atoms with Gasteiger partial charge in [0.1, 0.15) is 0 Å². The maximum absolute atomic E-state index is 12.3. The third-order valence-electron chi connectivity index (χ3n) is 3.68. The molecule has 1 N–H and O–H groups in total. The summed E-state index contributed by atoms with van der Waals surface area (Å²) in [7, 11) is 0. The van der Waals surface area contributed by atoms with E-state index in [1.807, 2.05) is 18.2 Å². The van der Waals surface area contributed by atoms with Gasteiger partial charge < -0.3 is 5.32 Å². The van der Waals surface area contributed by atoms with E-state index in [2.05, 4.69) is 17.4 Å². The molecule has 1 aliphatic rings. The lowest BCUT2D eigenvalue weighted by Crippen LogP contribution is -2.45. The van der Waals surface area contributed by atoms with Gasteiger partial charge in [0.25, 0.3) is 0 Å². The van der Waals surface area contributed by atoms with Crippen LogP contribution in [0.1, 0.15) is 18.4 Å². The highest BCUT2D eigenvalue weighted by molar-refractivity contribution is 5.14. The van der Waals surface area contributed by atoms with Crippen molar-refractivity contribution in [2.45, 2.75) is 31.5 Å². The Bertz CT molecular complexity index is 384. The fraction of sp³-hybridized carbons (Fsp3) is 0.600. The number of nitrogens with one attached hydrogen (secondary N) is 1. The van der Waals surface area contributed by atoms with E-state index >= 15 is 0 Å². The second-order valence-electron chi connectivity index (χ2n) is 5.36. The van der Waals surface area contributed by atoms with Crippen LogP contribution < -0.4 is 5.32 Å². The highest BCUT2D eigenvalue weighted by atomic mass is 19.4. The lowest BCUT2D eigenvalue weighted by molar-refractivity contribution is -0.148. The van der Waals surface area contributed by atoms with E-state index in [4.69, 9.17) is 0 Å². The Hall–Kier alpha value is -1.07. The summed E-state index contributed by atoms with van der Waals surface area (Å²) in [5, 5.41) is 3.45. The first-order chi connectivity index (χ1) is 9.53. The summed E-state index contributed by atoms with van der Waals surface area (Å²) < 4.78 is 36.8. The summed E-state index contributed by atoms with van der Waals surface area (Å²) in [6, 6.07) is 10.6. The van der Waals surface area contributed by atoms with E-state index in [0.29, 0.717) is 19.1 Å². The number of nitrogens with zero attached hydrogens (tertiary/aromatic N) is 1. The van der Waals surface area contributed by atoms with Crippen LogP contribution in [-0.2, 0) is 6.42 Å². The van der Waals surface area contributed by atoms with Crippen molar-refractivity contribution >= 4 is 0 Å². The van der Waals surface area contributed by atoms with Crippen LogP contribution in [-0.4, -0.2) is 43.3 Å². The first-order valence-corrected chi connectivity index (χ1v) is 7.09. The third kappa shape index (κ3) is 5.51. The van der Waals surface area contributed by atoms with Crippen LogP contribution in [0, 0.1) is 0 Å². The van der Waals surface area contributed by atoms with E-state index < -0.39 is 12.7 Å². The van der Waals surface area contributed by atoms with Crippen molar-refractivity contribution in [1.29, 1.82) is 0 Å². The van der Waals surface area contributed by atoms with Crippen LogP contribution in [0.3, 0.4) is 0 Å². The van der Waals surface area contributed by atoms with E-state index in [1.165, 1.54) is 10.5 Å². The number of piperidine rings is 1. The van der Waals surface area contributed by atoms with Crippen LogP contribution >= 0.6 is 0 Å². The molecule has 0 bridgehead atoms. The maximum atomic E-state index is 12.3. The summed E-state index contributed by atoms with van der Waals surface area (Å²) in [6.07, 6.45) is -1.52. The van der Waals surface area contributed by atoms with E-state index in [9.17, 15) is 13.2 Å². The predicted molar refractivity (Wildman–Crippen MR) is 73.7 cm³/mol. The van der Waals surface area contributed by atoms with Crippen molar-refractivity contribution in [3.63, 3.8) is 0 Å². The van der Waals surface area contributed by atoms with Crippen molar-refractivity contribution in [1.82, 2.24) is 10.2 Å². The number of alkyl halides is 3. The van der Waals surface area contributed by atoms with Gasteiger partial charge in [0, 0.05) is 6.04 Å². The Morgan fingerprint density at radius 3 is 2.35 bits per heavy atom. The molecule has 2 nitrogen and oxygen atoms in total. The molecule has 1 aromatic rings. The molecule has 0 unspecified atom stereocenters. The largest absolute Gasteiger partial charge is 0.401 e. The predicted octanol–water partition coefficient (Wildman–Crippen LogP) is 2.85. The number of rotatable bonds is 5. The van der Waals surface area contributed by atoms with Crippen LogP contribution in [0.25, 0.3) is 0 Å². The van der Waals surface area contributed by atoms with E-state index in [1.54, 1.807) is 0 Å². The van der Waals surface area contributed by atoms with Crippen molar-refractivity contribution in [2.75, 3.05) is 26.2 Å². The molecule has 1 fully saturated rings. The van der Waals surface area contributed by atoms with Gasteiger partial charge in [0.05, 0.1) is 6.54 Å². The van der Waals surface area contributed by atoms with Gasteiger partial charge in [-0.2, -0.15) is 13.2 Å². The zero-order chi connectivity index (χ0) is 14.4. The topological polar surface area (TPSA) is 15.3 Å². The van der Waals surface area contributed by atoms with Gasteiger partial charge in [-0.3, -0.25) is 4.90 Å². The molecule has 0 saturated carbocycles. The molecular weight excluding hydrogens is 265 g/mol. The molecule has 0 atom stereocenters. The molecule has 2 rings (SSSR count). The molecule has 20 heavy (non-hydrogen) atoms. The molecule has 0 aromatic heterocycles. The van der Waals surface area contributed by atoms with Crippen LogP contribution in [0.5, 0.6) is 0 Å². The zero-order valence-corrected chi connectivity index (χ0v) is 11.5. The zero-order valence-electron chi connectivity index (χ0n) is 11.5. The standard InChI is InChI=1S/C15H21F3N2/c16-15(17,18)12-20-10-7-14(8-11-20)19-9-6-13-4-2-1-3-5-13/h1-5,14,19H,6-12H2. The molecule has 5 heteroatoms. The molecule has 1 aliphatic heterocycles. The van der Waals surface area contributed by atoms with Gasteiger partial charge in [-0.1, -0.05) is 30.3 Å². The highest BCUT2D eigenvalue weighted by Crippen LogP contribution is 2.19. The minimum atomic E-state index is -4.08. The third-order valence-corrected chi connectivity index (χ3v) is 3.68. The fourth-order valence-electron chi connectivity index (χ4n) is 2.61. The molecule has 1 aromatic carbocycles. The Morgan fingerprint density at radius 1 is 1.10 bits per heavy atom. The van der Waals surface area contributed by atoms with Gasteiger partial charge in [0.15, 0.2) is 0 Å². The number of hydrogen-bond donors (Lipinski definition) is 1. The molecule has 0 radical (unpaired) electrons. The average Bonchev–Trinajstić information content (AvgIpc) is 2.40. The average molecular weight is 286 g/mol. The van der Waals surface area contributed by atoms with E-state index in [-0.39, 0.29) is 0 Å². The van der Waals surface area contributed by atoms with Crippen molar-refractivity contribution in [2.24, 2.45) is 0 Å². The van der Waals surface area contributed by atoms with Crippen molar-refractivity contribution in [3.8, 4) is 0 Å². The summed E-state index contributed by atoms with van der Waals surface area (Å²) >= 11 is 0. The summed E-state index contributed by atoms with van der Waals surface area (Å²) in [6.45, 7) is 1.17. The molecule has 1 heterocycles. The van der Waals surface area contributed by atoms with Crippen molar-refractivity contribution < 1.29 is 13.2 Å². The SMILES string of the molecule is FC(F)(F)CN1CCC(NCCc2ccccc2)CC1. The first-order valence-electron chi connectivity index (χ1n) is 7.09. The monoisotopic (exact) mass is 286 g/mol. The molecule has 112 valence electrons. The van der Waals surface area contributed by atoms with Gasteiger partial charge in [-0.15, -0.1) is 0 Å². The molecule has 0 amide bonds. The number of likely N-dealkylation sites (tertiary alicyclic amines) is 1. The second kappa shape index (κ2) is 7.09. The Balaban J connectivity index is 1.62. The lowest BCUT2D eigenvalue weighted by Gasteiger charge is -2.32. The normalized spacial score (nSPS) is 18.4. The van der Waals surface area contributed by atoms with Crippen LogP contribution in [0.4, 0.5) is 13.2 Å². The Kier molecular flexibility index (Phi) is 5.43. The number of halogens is 3. The fourth-order valence-corrected chi connectivity index (χ4v) is 2.61. The van der Waals surface area contributed by atoms with Crippen molar-refractivity contribution in [3.05, 3.63) is 35.9 Å². The van der Waals surface area contributed by atoms with Gasteiger partial charge in [0.2, 0.25) is 0 Å². The first kappa shape index (κ1) is 15.3.